The van der Waals surface area contributed by atoms with E-state index in [9.17, 15) is 13.2 Å². The van der Waals surface area contributed by atoms with Gasteiger partial charge < -0.3 is 9.64 Å². The Balaban J connectivity index is 1.84. The largest absolute Gasteiger partial charge is 0.497 e. The maximum absolute atomic E-state index is 13.4. The molecule has 3 aromatic carbocycles. The monoisotopic (exact) mass is 486 g/mol. The number of aryl methyl sites for hydroxylation is 1. The van der Waals surface area contributed by atoms with Crippen molar-refractivity contribution in [3.05, 3.63) is 94.5 Å². The Labute approximate surface area is 200 Å². The van der Waals surface area contributed by atoms with E-state index in [2.05, 4.69) is 0 Å². The molecular weight excluding hydrogens is 460 g/mol. The molecule has 3 rings (SSSR count). The Hall–Kier alpha value is -2.87. The van der Waals surface area contributed by atoms with E-state index in [-0.39, 0.29) is 23.9 Å². The number of likely N-dealkylation sites (N-methyl/N-ethyl adjacent to an activating group) is 1. The van der Waals surface area contributed by atoms with Gasteiger partial charge in [0, 0.05) is 25.2 Å². The molecule has 3 aromatic rings. The first kappa shape index (κ1) is 24.8. The first-order valence-corrected chi connectivity index (χ1v) is 12.2. The van der Waals surface area contributed by atoms with E-state index in [1.807, 2.05) is 31.2 Å². The minimum atomic E-state index is -3.93. The number of carbonyl (C=O) groups is 1. The van der Waals surface area contributed by atoms with Gasteiger partial charge in [-0.05, 0) is 48.4 Å². The molecule has 6 nitrogen and oxygen atoms in total. The zero-order valence-electron chi connectivity index (χ0n) is 18.9. The average molecular weight is 487 g/mol. The second-order valence-electron chi connectivity index (χ2n) is 7.78. The number of amides is 1. The Morgan fingerprint density at radius 1 is 0.939 bits per heavy atom. The quantitative estimate of drug-likeness (QED) is 0.446. The number of hydrogen-bond donors (Lipinski definition) is 0. The first-order chi connectivity index (χ1) is 15.7. The molecule has 0 atom stereocenters. The smallest absolute Gasteiger partial charge is 0.243 e. The van der Waals surface area contributed by atoms with Crippen LogP contribution in [0.3, 0.4) is 0 Å². The molecule has 0 fully saturated rings. The van der Waals surface area contributed by atoms with E-state index < -0.39 is 10.0 Å². The summed E-state index contributed by atoms with van der Waals surface area (Å²) in [4.78, 5) is 14.7. The number of benzene rings is 3. The van der Waals surface area contributed by atoms with Crippen LogP contribution in [0.15, 0.2) is 77.7 Å². The van der Waals surface area contributed by atoms with Crippen LogP contribution in [0.2, 0.25) is 5.02 Å². The average Bonchev–Trinajstić information content (AvgIpc) is 2.80. The van der Waals surface area contributed by atoms with Crippen molar-refractivity contribution < 1.29 is 17.9 Å². The molecule has 8 heteroatoms. The zero-order valence-corrected chi connectivity index (χ0v) is 20.4. The lowest BCUT2D eigenvalue weighted by Crippen LogP contribution is -2.41. The number of sulfonamides is 1. The van der Waals surface area contributed by atoms with Crippen LogP contribution >= 0.6 is 11.6 Å². The first-order valence-electron chi connectivity index (χ1n) is 10.4. The van der Waals surface area contributed by atoms with Crippen molar-refractivity contribution in [1.82, 2.24) is 9.21 Å². The van der Waals surface area contributed by atoms with Gasteiger partial charge in [-0.15, -0.1) is 0 Å². The normalized spacial score (nSPS) is 11.4. The fourth-order valence-electron chi connectivity index (χ4n) is 3.27. The highest BCUT2D eigenvalue weighted by Crippen LogP contribution is 2.23. The third-order valence-corrected chi connectivity index (χ3v) is 7.45. The fourth-order valence-corrected chi connectivity index (χ4v) is 4.83. The van der Waals surface area contributed by atoms with Gasteiger partial charge in [0.25, 0.3) is 0 Å². The molecule has 0 spiro atoms. The summed E-state index contributed by atoms with van der Waals surface area (Å²) in [6.45, 7) is 1.90. The van der Waals surface area contributed by atoms with Gasteiger partial charge in [-0.1, -0.05) is 59.6 Å². The number of rotatable bonds is 9. The molecule has 0 saturated heterocycles. The third-order valence-electron chi connectivity index (χ3n) is 5.28. The van der Waals surface area contributed by atoms with Crippen molar-refractivity contribution in [2.75, 3.05) is 20.7 Å². The lowest BCUT2D eigenvalue weighted by molar-refractivity contribution is -0.130. The Bertz CT molecular complexity index is 1200. The van der Waals surface area contributed by atoms with Crippen molar-refractivity contribution in [1.29, 1.82) is 0 Å². The van der Waals surface area contributed by atoms with Crippen LogP contribution in [0.25, 0.3) is 0 Å². The Kier molecular flexibility index (Phi) is 8.13. The lowest BCUT2D eigenvalue weighted by Gasteiger charge is -2.25. The molecule has 33 heavy (non-hydrogen) atoms. The van der Waals surface area contributed by atoms with Gasteiger partial charge in [0.1, 0.15) is 5.75 Å². The molecule has 0 aliphatic carbocycles. The van der Waals surface area contributed by atoms with Crippen molar-refractivity contribution in [3.8, 4) is 5.75 Å². The van der Waals surface area contributed by atoms with Crippen molar-refractivity contribution in [2.24, 2.45) is 0 Å². The maximum atomic E-state index is 13.4. The summed E-state index contributed by atoms with van der Waals surface area (Å²) in [6.07, 6.45) is 0. The van der Waals surface area contributed by atoms with Gasteiger partial charge in [-0.3, -0.25) is 4.79 Å². The SMILES string of the molecule is COc1ccc(CN(C)C(=O)CN(Cc2ccccc2Cl)S(=O)(=O)c2ccc(C)cc2)cc1. The maximum Gasteiger partial charge on any atom is 0.243 e. The van der Waals surface area contributed by atoms with Crippen LogP contribution < -0.4 is 4.74 Å². The predicted octanol–water partition coefficient (Wildman–Crippen LogP) is 4.51. The van der Waals surface area contributed by atoms with Gasteiger partial charge in [-0.2, -0.15) is 4.31 Å². The molecule has 0 saturated carbocycles. The van der Waals surface area contributed by atoms with Crippen LogP contribution in [0, 0.1) is 6.92 Å². The van der Waals surface area contributed by atoms with Crippen molar-refractivity contribution in [2.45, 2.75) is 24.9 Å². The molecule has 0 heterocycles. The van der Waals surface area contributed by atoms with E-state index in [4.69, 9.17) is 16.3 Å². The van der Waals surface area contributed by atoms with Gasteiger partial charge in [0.05, 0.1) is 18.6 Å². The third kappa shape index (κ3) is 6.35. The highest BCUT2D eigenvalue weighted by Gasteiger charge is 2.28. The highest BCUT2D eigenvalue weighted by molar-refractivity contribution is 7.89. The number of halogens is 1. The number of carbonyl (C=O) groups excluding carboxylic acids is 1. The molecule has 0 radical (unpaired) electrons. The molecule has 0 aliphatic heterocycles. The van der Waals surface area contributed by atoms with Gasteiger partial charge in [-0.25, -0.2) is 8.42 Å². The van der Waals surface area contributed by atoms with E-state index in [1.165, 1.54) is 9.21 Å². The van der Waals surface area contributed by atoms with Crippen molar-refractivity contribution >= 4 is 27.5 Å². The molecule has 0 unspecified atom stereocenters. The van der Waals surface area contributed by atoms with Gasteiger partial charge >= 0.3 is 0 Å². The molecule has 0 N–H and O–H groups in total. The van der Waals surface area contributed by atoms with Crippen LogP contribution in [-0.4, -0.2) is 44.2 Å². The van der Waals surface area contributed by atoms with Gasteiger partial charge in [0.15, 0.2) is 0 Å². The van der Waals surface area contributed by atoms with Crippen LogP contribution in [0.1, 0.15) is 16.7 Å². The van der Waals surface area contributed by atoms with Crippen LogP contribution in [-0.2, 0) is 27.9 Å². The summed E-state index contributed by atoms with van der Waals surface area (Å²) >= 11 is 6.29. The summed E-state index contributed by atoms with van der Waals surface area (Å²) in [6, 6.07) is 21.0. The van der Waals surface area contributed by atoms with E-state index >= 15 is 0 Å². The van der Waals surface area contributed by atoms with Crippen molar-refractivity contribution in [3.63, 3.8) is 0 Å². The standard InChI is InChI=1S/C25H27ClN2O4S/c1-19-8-14-23(15-9-19)33(30,31)28(17-21-6-4-5-7-24(21)26)18-25(29)27(2)16-20-10-12-22(32-3)13-11-20/h4-15H,16-18H2,1-3H3. The summed E-state index contributed by atoms with van der Waals surface area (Å²) in [7, 11) is -0.691. The summed E-state index contributed by atoms with van der Waals surface area (Å²) in [5, 5.41) is 0.445. The number of ether oxygens (including phenoxy) is 1. The second-order valence-corrected chi connectivity index (χ2v) is 10.1. The lowest BCUT2D eigenvalue weighted by atomic mass is 10.2. The summed E-state index contributed by atoms with van der Waals surface area (Å²) in [5.41, 5.74) is 2.48. The molecule has 1 amide bonds. The topological polar surface area (TPSA) is 66.9 Å². The molecular formula is C25H27ClN2O4S. The predicted molar refractivity (Wildman–Crippen MR) is 130 cm³/mol. The highest BCUT2D eigenvalue weighted by atomic mass is 35.5. The summed E-state index contributed by atoms with van der Waals surface area (Å²) < 4.78 is 33.2. The van der Waals surface area contributed by atoms with Crippen LogP contribution in [0.5, 0.6) is 5.75 Å². The number of nitrogens with zero attached hydrogens (tertiary/aromatic N) is 2. The Morgan fingerprint density at radius 3 is 2.18 bits per heavy atom. The minimum absolute atomic E-state index is 0.0159. The van der Waals surface area contributed by atoms with E-state index in [1.54, 1.807) is 62.7 Å². The Morgan fingerprint density at radius 2 is 1.58 bits per heavy atom. The van der Waals surface area contributed by atoms with Gasteiger partial charge in [0.2, 0.25) is 15.9 Å². The summed E-state index contributed by atoms with van der Waals surface area (Å²) in [5.74, 6) is 0.399. The minimum Gasteiger partial charge on any atom is -0.497 e. The fraction of sp³-hybridized carbons (Fsp3) is 0.240. The molecule has 0 bridgehead atoms. The zero-order chi connectivity index (χ0) is 24.0. The number of methoxy groups -OCH3 is 1. The molecule has 0 aromatic heterocycles. The van der Waals surface area contributed by atoms with E-state index in [0.29, 0.717) is 17.1 Å². The number of hydrogen-bond acceptors (Lipinski definition) is 4. The van der Waals surface area contributed by atoms with E-state index in [0.717, 1.165) is 16.9 Å². The second kappa shape index (κ2) is 10.8. The molecule has 0 aliphatic rings. The van der Waals surface area contributed by atoms with Crippen LogP contribution in [0.4, 0.5) is 0 Å². The molecule has 174 valence electrons.